The Morgan fingerprint density at radius 2 is 0.747 bits per heavy atom. The molecule has 5 nitrogen and oxygen atoms in total. The summed E-state index contributed by atoms with van der Waals surface area (Å²) in [6.07, 6.45) is 0. The number of anilines is 3. The summed E-state index contributed by atoms with van der Waals surface area (Å²) in [5, 5.41) is 26.3. The summed E-state index contributed by atoms with van der Waals surface area (Å²) in [6.45, 7) is 20.5. The Bertz CT molecular complexity index is 5440. The van der Waals surface area contributed by atoms with E-state index in [-0.39, 0.29) is 28.9 Å². The Hall–Kier alpha value is -11.7. The van der Waals surface area contributed by atoms with Crippen molar-refractivity contribution in [1.29, 1.82) is 10.5 Å². The van der Waals surface area contributed by atoms with Crippen molar-refractivity contribution in [2.75, 3.05) is 4.90 Å². The van der Waals surface area contributed by atoms with Crippen LogP contribution in [-0.4, -0.2) is 15.8 Å². The van der Waals surface area contributed by atoms with Crippen molar-refractivity contribution < 1.29 is 0 Å². The lowest BCUT2D eigenvalue weighted by molar-refractivity contribution is 0.589. The van der Waals surface area contributed by atoms with E-state index in [0.717, 1.165) is 95.0 Å². The van der Waals surface area contributed by atoms with E-state index in [2.05, 4.69) is 343 Å². The van der Waals surface area contributed by atoms with E-state index in [0.29, 0.717) is 11.1 Å². The van der Waals surface area contributed by atoms with Crippen LogP contribution in [-0.2, 0) is 16.2 Å². The summed E-state index contributed by atoms with van der Waals surface area (Å²) in [6, 6.07) is 109. The molecule has 0 aliphatic carbocycles. The highest BCUT2D eigenvalue weighted by atomic mass is 15.2. The van der Waals surface area contributed by atoms with E-state index in [4.69, 9.17) is 0 Å². The van der Waals surface area contributed by atoms with Crippen LogP contribution in [0.5, 0.6) is 0 Å². The molecule has 0 saturated heterocycles. The molecule has 1 unspecified atom stereocenters. The lowest BCUT2D eigenvalue weighted by atomic mass is 9.31. The molecule has 1 atom stereocenters. The van der Waals surface area contributed by atoms with Gasteiger partial charge in [0.05, 0.1) is 51.0 Å². The number of hydrogen-bond acceptors (Lipinski definition) is 3. The van der Waals surface area contributed by atoms with E-state index in [1.165, 1.54) is 71.3 Å². The summed E-state index contributed by atoms with van der Waals surface area (Å²) in [7, 11) is 0. The highest BCUT2D eigenvalue weighted by Crippen LogP contribution is 2.53. The topological polar surface area (TPSA) is 60.7 Å². The minimum Gasteiger partial charge on any atom is -0.310 e. The van der Waals surface area contributed by atoms with Gasteiger partial charge in [-0.15, -0.1) is 0 Å². The van der Waals surface area contributed by atoms with Crippen LogP contribution in [0.2, 0.25) is 0 Å². The number of rotatable bonds is 8. The van der Waals surface area contributed by atoms with E-state index < -0.39 is 0 Å². The second-order valence-corrected chi connectivity index (χ2v) is 30.3. The van der Waals surface area contributed by atoms with Gasteiger partial charge in [0.15, 0.2) is 0 Å². The fourth-order valence-electron chi connectivity index (χ4n) is 16.3. The molecular formula is C93H74BN5. The first-order valence-electron chi connectivity index (χ1n) is 34.7. The molecule has 15 aromatic rings. The molecule has 6 heteroatoms. The Labute approximate surface area is 580 Å². The van der Waals surface area contributed by atoms with E-state index in [9.17, 15) is 10.5 Å². The van der Waals surface area contributed by atoms with Gasteiger partial charge in [0.25, 0.3) is 0 Å². The zero-order valence-corrected chi connectivity index (χ0v) is 57.4. The highest BCUT2D eigenvalue weighted by molar-refractivity contribution is 6.99. The van der Waals surface area contributed by atoms with Gasteiger partial charge in [-0.25, -0.2) is 0 Å². The summed E-state index contributed by atoms with van der Waals surface area (Å²) < 4.78 is 4.94. The van der Waals surface area contributed by atoms with Crippen LogP contribution in [0, 0.1) is 22.7 Å². The van der Waals surface area contributed by atoms with Gasteiger partial charge in [-0.2, -0.15) is 10.5 Å². The van der Waals surface area contributed by atoms with Crippen molar-refractivity contribution in [3.8, 4) is 68.0 Å². The SMILES string of the molecule is CC(C)(C)c1ccc(-c2cccc(-c3cccc(C#N)c3)c2C2c3cc(-n4c5ccccc5c5ccccc54)ccc3B3c4ccc(-n5c6ccccc6c6ccccc65)cc4N(c4c(-c5ccc(C(C)(C)C)cc5)cccc4-c4cccc(C#N)c4)c4cc(C(C)(C)C)cc2c43)cc1. The van der Waals surface area contributed by atoms with Crippen molar-refractivity contribution in [2.24, 2.45) is 0 Å². The first-order valence-corrected chi connectivity index (χ1v) is 34.7. The van der Waals surface area contributed by atoms with E-state index in [1.807, 2.05) is 24.3 Å². The number of nitriles is 2. The number of para-hydroxylation sites is 5. The van der Waals surface area contributed by atoms with Crippen molar-refractivity contribution in [2.45, 2.75) is 84.5 Å². The first kappa shape index (κ1) is 60.9. The third kappa shape index (κ3) is 9.95. The maximum absolute atomic E-state index is 10.7. The monoisotopic (exact) mass is 1270 g/mol. The minimum atomic E-state index is -0.369. The molecule has 2 aromatic heterocycles. The molecule has 2 aliphatic heterocycles. The van der Waals surface area contributed by atoms with Crippen molar-refractivity contribution in [1.82, 2.24) is 9.13 Å². The average molecular weight is 1270 g/mol. The normalized spacial score (nSPS) is 13.5. The molecule has 0 saturated carbocycles. The molecule has 0 bridgehead atoms. The lowest BCUT2D eigenvalue weighted by Crippen LogP contribution is -2.62. The van der Waals surface area contributed by atoms with Gasteiger partial charge < -0.3 is 14.0 Å². The van der Waals surface area contributed by atoms with E-state index in [1.54, 1.807) is 0 Å². The van der Waals surface area contributed by atoms with Crippen LogP contribution in [0.25, 0.3) is 99.5 Å². The largest absolute Gasteiger partial charge is 0.310 e. The maximum Gasteiger partial charge on any atom is 0.247 e. The van der Waals surface area contributed by atoms with Crippen LogP contribution in [0.15, 0.2) is 279 Å². The third-order valence-corrected chi connectivity index (χ3v) is 21.2. The van der Waals surface area contributed by atoms with Gasteiger partial charge in [-0.3, -0.25) is 0 Å². The van der Waals surface area contributed by atoms with Crippen molar-refractivity contribution >= 4 is 83.8 Å². The van der Waals surface area contributed by atoms with Crippen LogP contribution >= 0.6 is 0 Å². The Balaban J connectivity index is 1.05. The van der Waals surface area contributed by atoms with Gasteiger partial charge in [-0.05, 0) is 173 Å². The van der Waals surface area contributed by atoms with Gasteiger partial charge in [-0.1, -0.05) is 268 Å². The number of aromatic nitrogens is 2. The summed E-state index contributed by atoms with van der Waals surface area (Å²) in [5.74, 6) is -0.369. The van der Waals surface area contributed by atoms with Gasteiger partial charge in [0.2, 0.25) is 6.71 Å². The quantitative estimate of drug-likeness (QED) is 0.142. The Kier molecular flexibility index (Phi) is 14.1. The smallest absolute Gasteiger partial charge is 0.247 e. The lowest BCUT2D eigenvalue weighted by Gasteiger charge is -2.45. The Morgan fingerprint density at radius 1 is 0.333 bits per heavy atom. The number of benzene rings is 13. The van der Waals surface area contributed by atoms with Crippen LogP contribution < -0.4 is 21.3 Å². The molecule has 0 radical (unpaired) electrons. The highest BCUT2D eigenvalue weighted by Gasteiger charge is 2.47. The maximum atomic E-state index is 10.7. The minimum absolute atomic E-state index is 0.0623. The molecule has 17 rings (SSSR count). The van der Waals surface area contributed by atoms with Crippen molar-refractivity contribution in [3.63, 3.8) is 0 Å². The second-order valence-electron chi connectivity index (χ2n) is 30.3. The summed E-state index contributed by atoms with van der Waals surface area (Å²) >= 11 is 0. The van der Waals surface area contributed by atoms with Gasteiger partial charge in [0.1, 0.15) is 0 Å². The van der Waals surface area contributed by atoms with Crippen LogP contribution in [0.1, 0.15) is 113 Å². The summed E-state index contributed by atoms with van der Waals surface area (Å²) in [5.41, 5.74) is 30.1. The molecule has 0 amide bonds. The number of hydrogen-bond donors (Lipinski definition) is 0. The van der Waals surface area contributed by atoms with Crippen LogP contribution in [0.4, 0.5) is 17.1 Å². The molecule has 0 spiro atoms. The number of fused-ring (bicyclic) bond motifs is 10. The first-order chi connectivity index (χ1) is 47.9. The zero-order chi connectivity index (χ0) is 67.8. The van der Waals surface area contributed by atoms with Crippen molar-refractivity contribution in [3.05, 3.63) is 324 Å². The second kappa shape index (κ2) is 23.0. The third-order valence-electron chi connectivity index (χ3n) is 21.2. The average Bonchev–Trinajstić information content (AvgIpc) is 1.68. The molecule has 474 valence electrons. The van der Waals surface area contributed by atoms with Gasteiger partial charge >= 0.3 is 0 Å². The predicted molar refractivity (Wildman–Crippen MR) is 416 cm³/mol. The molecule has 13 aromatic carbocycles. The Morgan fingerprint density at radius 3 is 1.23 bits per heavy atom. The van der Waals surface area contributed by atoms with Gasteiger partial charge in [0, 0.05) is 61.3 Å². The summed E-state index contributed by atoms with van der Waals surface area (Å²) in [4.78, 5) is 2.64. The van der Waals surface area contributed by atoms with Crippen LogP contribution in [0.3, 0.4) is 0 Å². The molecule has 0 N–H and O–H groups in total. The standard InChI is InChI=1S/C93H74BN5/c1-91(2,3)64-42-38-60(39-43-64)69-30-20-31-70(62-24-18-22-58(50-62)56-95)87(69)88-77-54-67(97-81-34-14-10-26-73(81)74-27-11-15-35-82(74)97)46-48-79(77)94-80-49-47-68(98-83-36-16-12-28-75(83)76-29-13-17-37-84(76)98)55-85(80)99(86-53-66(93(7,8)9)52-78(88)89(86)94)90-71(61-40-44-65(45-41-61)92(4,5)6)32-21-33-72(90)63-25-19-23-59(51-63)57-96/h10-55,88H,1-9H3. The number of nitrogens with zero attached hydrogens (tertiary/aromatic N) is 5. The predicted octanol–water partition coefficient (Wildman–Crippen LogP) is 22.0. The molecule has 2 aliphatic rings. The molecule has 99 heavy (non-hydrogen) atoms. The molecule has 4 heterocycles. The molecule has 0 fully saturated rings. The fourth-order valence-corrected chi connectivity index (χ4v) is 16.3. The van der Waals surface area contributed by atoms with E-state index >= 15 is 0 Å². The zero-order valence-electron chi connectivity index (χ0n) is 57.4. The fraction of sp³-hybridized carbons (Fsp3) is 0.140. The molecular weight excluding hydrogens is 1200 g/mol.